The molecule has 0 fully saturated rings. The molecule has 0 aliphatic carbocycles. The number of hydrogen-bond donors (Lipinski definition) is 1. The number of aromatic nitrogens is 3. The Labute approximate surface area is 121 Å². The van der Waals surface area contributed by atoms with E-state index in [1.54, 1.807) is 23.1 Å². The van der Waals surface area contributed by atoms with Gasteiger partial charge in [0, 0.05) is 29.5 Å². The van der Waals surface area contributed by atoms with Crippen molar-refractivity contribution in [1.82, 2.24) is 14.6 Å². The van der Waals surface area contributed by atoms with Crippen LogP contribution in [0.5, 0.6) is 0 Å². The van der Waals surface area contributed by atoms with E-state index >= 15 is 0 Å². The zero-order chi connectivity index (χ0) is 14.2. The lowest BCUT2D eigenvalue weighted by Crippen LogP contribution is -2.00. The summed E-state index contributed by atoms with van der Waals surface area (Å²) >= 11 is 0. The van der Waals surface area contributed by atoms with Crippen molar-refractivity contribution < 1.29 is 5.11 Å². The van der Waals surface area contributed by atoms with Gasteiger partial charge in [-0.05, 0) is 29.1 Å². The van der Waals surface area contributed by atoms with Gasteiger partial charge in [0.05, 0.1) is 11.7 Å². The number of fused-ring (bicyclic) bond motifs is 2. The summed E-state index contributed by atoms with van der Waals surface area (Å²) < 4.78 is 1.77. The van der Waals surface area contributed by atoms with Gasteiger partial charge in [-0.15, -0.1) is 0 Å². The predicted molar refractivity (Wildman–Crippen MR) is 81.0 cm³/mol. The van der Waals surface area contributed by atoms with E-state index in [4.69, 9.17) is 0 Å². The Kier molecular flexibility index (Phi) is 2.69. The van der Waals surface area contributed by atoms with Gasteiger partial charge in [0.2, 0.25) is 0 Å². The summed E-state index contributed by atoms with van der Waals surface area (Å²) in [6, 6.07) is 13.7. The molecule has 4 aromatic rings. The van der Waals surface area contributed by atoms with E-state index in [1.165, 1.54) is 0 Å². The number of nitrogens with zero attached hydrogens (tertiary/aromatic N) is 3. The molecule has 1 atom stereocenters. The Morgan fingerprint density at radius 3 is 2.86 bits per heavy atom. The van der Waals surface area contributed by atoms with E-state index < -0.39 is 6.10 Å². The average molecular weight is 275 g/mol. The third-order valence-electron chi connectivity index (χ3n) is 3.76. The molecule has 21 heavy (non-hydrogen) atoms. The number of benzene rings is 1. The summed E-state index contributed by atoms with van der Waals surface area (Å²) in [6.45, 7) is 0. The fraction of sp³-hybridized carbons (Fsp3) is 0.0588. The number of pyridine rings is 2. The molecule has 3 aromatic heterocycles. The third-order valence-corrected chi connectivity index (χ3v) is 3.76. The van der Waals surface area contributed by atoms with Crippen LogP contribution in [0.15, 0.2) is 67.3 Å². The first-order valence-electron chi connectivity index (χ1n) is 6.77. The van der Waals surface area contributed by atoms with Crippen LogP contribution in [0.3, 0.4) is 0 Å². The van der Waals surface area contributed by atoms with Crippen LogP contribution < -0.4 is 0 Å². The van der Waals surface area contributed by atoms with Crippen molar-refractivity contribution in [3.8, 4) is 0 Å². The topological polar surface area (TPSA) is 50.4 Å². The maximum Gasteiger partial charge on any atom is 0.108 e. The minimum absolute atomic E-state index is 0.724. The molecule has 1 N–H and O–H groups in total. The average Bonchev–Trinajstić information content (AvgIpc) is 2.98. The van der Waals surface area contributed by atoms with Crippen molar-refractivity contribution in [2.45, 2.75) is 6.10 Å². The van der Waals surface area contributed by atoms with Gasteiger partial charge in [-0.3, -0.25) is 4.98 Å². The first-order chi connectivity index (χ1) is 10.3. The maximum atomic E-state index is 10.8. The lowest BCUT2D eigenvalue weighted by Gasteiger charge is -2.12. The lowest BCUT2D eigenvalue weighted by molar-refractivity contribution is 0.223. The second-order valence-corrected chi connectivity index (χ2v) is 4.98. The molecule has 0 aliphatic heterocycles. The number of aliphatic hydroxyl groups excluding tert-OH is 1. The van der Waals surface area contributed by atoms with E-state index in [-0.39, 0.29) is 0 Å². The van der Waals surface area contributed by atoms with Crippen LogP contribution in [0.4, 0.5) is 0 Å². The molecule has 3 heterocycles. The Hall–Kier alpha value is -2.72. The molecule has 1 aromatic carbocycles. The molecule has 4 rings (SSSR count). The van der Waals surface area contributed by atoms with Gasteiger partial charge in [0.1, 0.15) is 6.10 Å². The van der Waals surface area contributed by atoms with Crippen LogP contribution in [-0.2, 0) is 0 Å². The van der Waals surface area contributed by atoms with Crippen molar-refractivity contribution in [2.24, 2.45) is 0 Å². The maximum absolute atomic E-state index is 10.8. The fourth-order valence-electron chi connectivity index (χ4n) is 2.71. The molecular weight excluding hydrogens is 262 g/mol. The molecule has 4 heteroatoms. The summed E-state index contributed by atoms with van der Waals surface area (Å²) in [5.41, 5.74) is 2.55. The highest BCUT2D eigenvalue weighted by Gasteiger charge is 2.17. The van der Waals surface area contributed by atoms with E-state index in [1.807, 2.05) is 48.7 Å². The van der Waals surface area contributed by atoms with Crippen LogP contribution in [-0.4, -0.2) is 19.7 Å². The monoisotopic (exact) mass is 275 g/mol. The van der Waals surface area contributed by atoms with Crippen molar-refractivity contribution in [3.63, 3.8) is 0 Å². The van der Waals surface area contributed by atoms with Gasteiger partial charge in [-0.2, -0.15) is 5.10 Å². The number of rotatable bonds is 2. The molecule has 0 radical (unpaired) electrons. The quantitative estimate of drug-likeness (QED) is 0.612. The molecule has 4 nitrogen and oxygen atoms in total. The lowest BCUT2D eigenvalue weighted by atomic mass is 9.98. The highest BCUT2D eigenvalue weighted by Crippen LogP contribution is 2.30. The second kappa shape index (κ2) is 4.68. The van der Waals surface area contributed by atoms with Crippen molar-refractivity contribution in [2.75, 3.05) is 0 Å². The Balaban J connectivity index is 1.92. The molecule has 0 saturated carbocycles. The predicted octanol–water partition coefficient (Wildman–Crippen LogP) is 2.96. The summed E-state index contributed by atoms with van der Waals surface area (Å²) in [5, 5.41) is 17.1. The SMILES string of the molecule is OC(c1cccc2ccncc12)c1cnn2ccccc12. The molecule has 1 unspecified atom stereocenters. The molecular formula is C17H13N3O. The normalized spacial score (nSPS) is 12.8. The first-order valence-corrected chi connectivity index (χ1v) is 6.77. The summed E-state index contributed by atoms with van der Waals surface area (Å²) in [6.07, 6.45) is 6.41. The zero-order valence-electron chi connectivity index (χ0n) is 11.2. The minimum atomic E-state index is -0.724. The second-order valence-electron chi connectivity index (χ2n) is 4.98. The molecule has 0 bridgehead atoms. The van der Waals surface area contributed by atoms with Crippen LogP contribution >= 0.6 is 0 Å². The van der Waals surface area contributed by atoms with Gasteiger partial charge in [0.15, 0.2) is 0 Å². The van der Waals surface area contributed by atoms with Gasteiger partial charge in [-0.25, -0.2) is 4.52 Å². The molecule has 102 valence electrons. The van der Waals surface area contributed by atoms with E-state index in [9.17, 15) is 5.11 Å². The first kappa shape index (κ1) is 12.1. The van der Waals surface area contributed by atoms with Crippen molar-refractivity contribution in [1.29, 1.82) is 0 Å². The van der Waals surface area contributed by atoms with Gasteiger partial charge < -0.3 is 5.11 Å². The third kappa shape index (κ3) is 1.88. The molecule has 0 aliphatic rings. The number of hydrogen-bond acceptors (Lipinski definition) is 3. The standard InChI is InChI=1S/C17H13N3O/c21-17(15-11-19-20-9-2-1-6-16(15)20)13-5-3-4-12-7-8-18-10-14(12)13/h1-11,17,21H. The van der Waals surface area contributed by atoms with Crippen LogP contribution in [0.2, 0.25) is 0 Å². The summed E-state index contributed by atoms with van der Waals surface area (Å²) in [5.74, 6) is 0. The Bertz CT molecular complexity index is 924. The number of aliphatic hydroxyl groups is 1. The van der Waals surface area contributed by atoms with E-state index in [0.29, 0.717) is 0 Å². The summed E-state index contributed by atoms with van der Waals surface area (Å²) in [4.78, 5) is 4.17. The summed E-state index contributed by atoms with van der Waals surface area (Å²) in [7, 11) is 0. The molecule has 0 saturated heterocycles. The van der Waals surface area contributed by atoms with Crippen molar-refractivity contribution in [3.05, 3.63) is 78.4 Å². The zero-order valence-corrected chi connectivity index (χ0v) is 11.2. The van der Waals surface area contributed by atoms with Crippen LogP contribution in [0.25, 0.3) is 16.3 Å². The van der Waals surface area contributed by atoms with Gasteiger partial charge in [-0.1, -0.05) is 24.3 Å². The minimum Gasteiger partial charge on any atom is -0.383 e. The fourth-order valence-corrected chi connectivity index (χ4v) is 2.71. The van der Waals surface area contributed by atoms with Crippen LogP contribution in [0.1, 0.15) is 17.2 Å². The Morgan fingerprint density at radius 2 is 1.90 bits per heavy atom. The van der Waals surface area contributed by atoms with E-state index in [2.05, 4.69) is 10.1 Å². The van der Waals surface area contributed by atoms with Crippen LogP contribution in [0, 0.1) is 0 Å². The van der Waals surface area contributed by atoms with E-state index in [0.717, 1.165) is 27.4 Å². The highest BCUT2D eigenvalue weighted by atomic mass is 16.3. The molecule has 0 spiro atoms. The Morgan fingerprint density at radius 1 is 0.952 bits per heavy atom. The van der Waals surface area contributed by atoms with Crippen molar-refractivity contribution >= 4 is 16.3 Å². The van der Waals surface area contributed by atoms with Gasteiger partial charge >= 0.3 is 0 Å². The largest absolute Gasteiger partial charge is 0.383 e. The highest BCUT2D eigenvalue weighted by molar-refractivity contribution is 5.85. The van der Waals surface area contributed by atoms with Gasteiger partial charge in [0.25, 0.3) is 0 Å². The smallest absolute Gasteiger partial charge is 0.108 e. The molecule has 0 amide bonds.